The molecule has 0 radical (unpaired) electrons. The molecule has 2 heterocycles. The van der Waals surface area contributed by atoms with Gasteiger partial charge in [0.15, 0.2) is 0 Å². The Kier molecular flexibility index (Phi) is 2.57. The standard InChI is InChI=1S/C8H11N5O2/c9-12-10-1-2-13-3-5-6(4-13)8(15)11-7(5)14/h5-6H,1-4H2,(H,11,14,15)/t5-,6-/m1/s1. The van der Waals surface area contributed by atoms with Gasteiger partial charge in [0.05, 0.1) is 11.8 Å². The Bertz CT molecular complexity index is 327. The molecule has 2 amide bonds. The first-order valence-corrected chi connectivity index (χ1v) is 4.80. The fourth-order valence-electron chi connectivity index (χ4n) is 2.14. The molecule has 0 aliphatic carbocycles. The summed E-state index contributed by atoms with van der Waals surface area (Å²) in [5.74, 6) is -0.750. The van der Waals surface area contributed by atoms with Crippen molar-refractivity contribution in [2.24, 2.45) is 17.0 Å². The summed E-state index contributed by atoms with van der Waals surface area (Å²) in [7, 11) is 0. The average Bonchev–Trinajstić information content (AvgIpc) is 2.71. The third-order valence-electron chi connectivity index (χ3n) is 2.89. The van der Waals surface area contributed by atoms with Crippen LogP contribution >= 0.6 is 0 Å². The van der Waals surface area contributed by atoms with Gasteiger partial charge in [0.25, 0.3) is 0 Å². The molecule has 0 unspecified atom stereocenters. The number of amides is 2. The molecule has 0 saturated carbocycles. The van der Waals surface area contributed by atoms with Gasteiger partial charge in [0.1, 0.15) is 0 Å². The van der Waals surface area contributed by atoms with Crippen LogP contribution in [0.25, 0.3) is 10.4 Å². The lowest BCUT2D eigenvalue weighted by atomic mass is 10.00. The zero-order valence-corrected chi connectivity index (χ0v) is 8.09. The number of carbonyl (C=O) groups excluding carboxylic acids is 2. The molecule has 0 aromatic carbocycles. The van der Waals surface area contributed by atoms with Gasteiger partial charge in [0, 0.05) is 31.1 Å². The van der Waals surface area contributed by atoms with Crippen molar-refractivity contribution >= 4 is 11.8 Å². The zero-order valence-electron chi connectivity index (χ0n) is 8.09. The van der Waals surface area contributed by atoms with Gasteiger partial charge in [-0.1, -0.05) is 5.11 Å². The van der Waals surface area contributed by atoms with E-state index in [9.17, 15) is 9.59 Å². The predicted octanol–water partition coefficient (Wildman–Crippen LogP) is -0.499. The molecule has 2 saturated heterocycles. The maximum atomic E-state index is 11.3. The van der Waals surface area contributed by atoms with Crippen molar-refractivity contribution in [2.75, 3.05) is 26.2 Å². The molecule has 2 aliphatic rings. The molecule has 2 rings (SSSR count). The molecule has 0 aromatic heterocycles. The van der Waals surface area contributed by atoms with E-state index in [2.05, 4.69) is 15.3 Å². The van der Waals surface area contributed by atoms with Crippen LogP contribution in [0.15, 0.2) is 5.11 Å². The molecule has 80 valence electrons. The summed E-state index contributed by atoms with van der Waals surface area (Å²) in [5.41, 5.74) is 8.11. The summed E-state index contributed by atoms with van der Waals surface area (Å²) >= 11 is 0. The average molecular weight is 209 g/mol. The highest BCUT2D eigenvalue weighted by Crippen LogP contribution is 2.27. The van der Waals surface area contributed by atoms with Gasteiger partial charge in [-0.15, -0.1) is 0 Å². The Morgan fingerprint density at radius 2 is 2.00 bits per heavy atom. The van der Waals surface area contributed by atoms with E-state index in [1.807, 2.05) is 4.90 Å². The largest absolute Gasteiger partial charge is 0.302 e. The molecule has 2 atom stereocenters. The molecule has 7 nitrogen and oxygen atoms in total. The normalized spacial score (nSPS) is 29.9. The van der Waals surface area contributed by atoms with Crippen LogP contribution in [0.3, 0.4) is 0 Å². The number of carbonyl (C=O) groups is 2. The van der Waals surface area contributed by atoms with Gasteiger partial charge < -0.3 is 4.90 Å². The van der Waals surface area contributed by atoms with Gasteiger partial charge in [0.2, 0.25) is 11.8 Å². The number of fused-ring (bicyclic) bond motifs is 1. The lowest BCUT2D eigenvalue weighted by Gasteiger charge is -2.14. The van der Waals surface area contributed by atoms with Crippen molar-refractivity contribution < 1.29 is 9.59 Å². The van der Waals surface area contributed by atoms with E-state index in [4.69, 9.17) is 5.53 Å². The van der Waals surface area contributed by atoms with Crippen LogP contribution in [-0.4, -0.2) is 42.9 Å². The number of rotatable bonds is 3. The van der Waals surface area contributed by atoms with E-state index in [0.717, 1.165) is 0 Å². The van der Waals surface area contributed by atoms with Crippen LogP contribution in [0.1, 0.15) is 0 Å². The molecule has 7 heteroatoms. The Morgan fingerprint density at radius 3 is 2.53 bits per heavy atom. The Labute approximate surface area is 86.0 Å². The van der Waals surface area contributed by atoms with Crippen LogP contribution in [0.5, 0.6) is 0 Å². The minimum atomic E-state index is -0.205. The van der Waals surface area contributed by atoms with Gasteiger partial charge >= 0.3 is 0 Å². The molecule has 15 heavy (non-hydrogen) atoms. The molecule has 0 aromatic rings. The van der Waals surface area contributed by atoms with Crippen LogP contribution < -0.4 is 5.32 Å². The maximum Gasteiger partial charge on any atom is 0.231 e. The fraction of sp³-hybridized carbons (Fsp3) is 0.750. The van der Waals surface area contributed by atoms with Gasteiger partial charge in [-0.2, -0.15) is 0 Å². The van der Waals surface area contributed by atoms with E-state index in [-0.39, 0.29) is 23.7 Å². The lowest BCUT2D eigenvalue weighted by molar-refractivity contribution is -0.126. The third-order valence-corrected chi connectivity index (χ3v) is 2.89. The van der Waals surface area contributed by atoms with Crippen molar-refractivity contribution in [2.45, 2.75) is 0 Å². The zero-order chi connectivity index (χ0) is 10.8. The van der Waals surface area contributed by atoms with Gasteiger partial charge in [-0.05, 0) is 5.53 Å². The van der Waals surface area contributed by atoms with Crippen molar-refractivity contribution in [3.63, 3.8) is 0 Å². The first-order valence-electron chi connectivity index (χ1n) is 4.80. The van der Waals surface area contributed by atoms with E-state index in [1.54, 1.807) is 0 Å². The summed E-state index contributed by atoms with van der Waals surface area (Å²) in [6.07, 6.45) is 0. The van der Waals surface area contributed by atoms with Crippen molar-refractivity contribution in [3.8, 4) is 0 Å². The first kappa shape index (κ1) is 9.95. The molecule has 2 fully saturated rings. The van der Waals surface area contributed by atoms with Gasteiger partial charge in [-0.25, -0.2) is 0 Å². The topological polar surface area (TPSA) is 98.2 Å². The van der Waals surface area contributed by atoms with Crippen molar-refractivity contribution in [1.82, 2.24) is 10.2 Å². The lowest BCUT2D eigenvalue weighted by Crippen LogP contribution is -2.32. The van der Waals surface area contributed by atoms with Crippen LogP contribution in [0, 0.1) is 11.8 Å². The monoisotopic (exact) mass is 209 g/mol. The van der Waals surface area contributed by atoms with Crippen LogP contribution in [-0.2, 0) is 9.59 Å². The van der Waals surface area contributed by atoms with E-state index >= 15 is 0 Å². The smallest absolute Gasteiger partial charge is 0.231 e. The highest BCUT2D eigenvalue weighted by Gasteiger charge is 2.47. The Balaban J connectivity index is 1.92. The highest BCUT2D eigenvalue weighted by atomic mass is 16.2. The summed E-state index contributed by atoms with van der Waals surface area (Å²) in [5, 5.41) is 5.74. The second-order valence-electron chi connectivity index (χ2n) is 3.78. The van der Waals surface area contributed by atoms with Gasteiger partial charge in [-0.3, -0.25) is 14.9 Å². The SMILES string of the molecule is [N-]=[N+]=NCCN1C[C@H]2C(=O)NC(=O)[C@@H]2C1. The molecular weight excluding hydrogens is 198 g/mol. The second-order valence-corrected chi connectivity index (χ2v) is 3.78. The molecule has 1 N–H and O–H groups in total. The number of imide groups is 1. The van der Waals surface area contributed by atoms with Crippen LogP contribution in [0.4, 0.5) is 0 Å². The number of azide groups is 1. The summed E-state index contributed by atoms with van der Waals surface area (Å²) in [6.45, 7) is 2.16. The first-order chi connectivity index (χ1) is 7.22. The fourth-order valence-corrected chi connectivity index (χ4v) is 2.14. The van der Waals surface area contributed by atoms with E-state index < -0.39 is 0 Å². The highest BCUT2D eigenvalue weighted by molar-refractivity contribution is 6.05. The van der Waals surface area contributed by atoms with E-state index in [0.29, 0.717) is 26.2 Å². The molecule has 0 bridgehead atoms. The van der Waals surface area contributed by atoms with Crippen LogP contribution in [0.2, 0.25) is 0 Å². The number of hydrogen-bond acceptors (Lipinski definition) is 4. The Morgan fingerprint density at radius 1 is 1.40 bits per heavy atom. The number of nitrogens with one attached hydrogen (secondary N) is 1. The molecular formula is C8H11N5O2. The molecule has 0 spiro atoms. The van der Waals surface area contributed by atoms with E-state index in [1.165, 1.54) is 0 Å². The van der Waals surface area contributed by atoms with Crippen molar-refractivity contribution in [3.05, 3.63) is 10.4 Å². The quantitative estimate of drug-likeness (QED) is 0.293. The number of likely N-dealkylation sites (tertiary alicyclic amines) is 1. The molecule has 2 aliphatic heterocycles. The maximum absolute atomic E-state index is 11.3. The third kappa shape index (κ3) is 1.79. The summed E-state index contributed by atoms with van der Waals surface area (Å²) < 4.78 is 0. The summed E-state index contributed by atoms with van der Waals surface area (Å²) in [4.78, 5) is 27.2. The predicted molar refractivity (Wildman–Crippen MR) is 50.6 cm³/mol. The summed E-state index contributed by atoms with van der Waals surface area (Å²) in [6, 6.07) is 0. The number of hydrogen-bond donors (Lipinski definition) is 1. The number of nitrogens with zero attached hydrogens (tertiary/aromatic N) is 4. The minimum absolute atomic E-state index is 0.170. The second kappa shape index (κ2) is 3.88. The van der Waals surface area contributed by atoms with Crippen molar-refractivity contribution in [1.29, 1.82) is 0 Å². The minimum Gasteiger partial charge on any atom is -0.302 e. The Hall–Kier alpha value is -1.59.